The molecular weight excluding hydrogens is 232 g/mol. The maximum Gasteiger partial charge on any atom is 0.337 e. The van der Waals surface area contributed by atoms with Crippen molar-refractivity contribution < 1.29 is 14.7 Å². The lowest BCUT2D eigenvalue weighted by molar-refractivity contribution is 0.0697. The van der Waals surface area contributed by atoms with E-state index in [1.165, 1.54) is 18.0 Å². The number of aromatic carboxylic acids is 1. The van der Waals surface area contributed by atoms with E-state index in [2.05, 4.69) is 11.2 Å². The molecule has 5 nitrogen and oxygen atoms in total. The van der Waals surface area contributed by atoms with Gasteiger partial charge in [-0.05, 0) is 19.1 Å². The number of carboxylic acid groups (broad SMARTS) is 1. The van der Waals surface area contributed by atoms with Gasteiger partial charge in [-0.1, -0.05) is 18.1 Å². The van der Waals surface area contributed by atoms with Crippen molar-refractivity contribution in [1.29, 1.82) is 0 Å². The van der Waals surface area contributed by atoms with Gasteiger partial charge in [0.1, 0.15) is 0 Å². The Morgan fingerprint density at radius 2 is 2.06 bits per heavy atom. The zero-order valence-electron chi connectivity index (χ0n) is 10.2. The van der Waals surface area contributed by atoms with Crippen LogP contribution in [-0.2, 0) is 0 Å². The van der Waals surface area contributed by atoms with Gasteiger partial charge >= 0.3 is 12.0 Å². The van der Waals surface area contributed by atoms with Crippen molar-refractivity contribution in [3.63, 3.8) is 0 Å². The maximum absolute atomic E-state index is 11.8. The predicted molar refractivity (Wildman–Crippen MR) is 68.6 cm³/mol. The van der Waals surface area contributed by atoms with Crippen LogP contribution in [0.3, 0.4) is 0 Å². The molecule has 2 N–H and O–H groups in total. The number of terminal acetylenes is 1. The third-order valence-corrected chi connectivity index (χ3v) is 2.39. The molecule has 1 aromatic carbocycles. The van der Waals surface area contributed by atoms with Gasteiger partial charge in [0.2, 0.25) is 0 Å². The molecule has 5 heteroatoms. The van der Waals surface area contributed by atoms with E-state index >= 15 is 0 Å². The summed E-state index contributed by atoms with van der Waals surface area (Å²) >= 11 is 0. The Morgan fingerprint density at radius 1 is 1.44 bits per heavy atom. The second-order valence-corrected chi connectivity index (χ2v) is 3.72. The quantitative estimate of drug-likeness (QED) is 0.795. The number of anilines is 1. The van der Waals surface area contributed by atoms with Crippen molar-refractivity contribution >= 4 is 17.7 Å². The standard InChI is InChI=1S/C13H14N2O3/c1-4-9(2)14-13(18)15(3)11-8-6-5-7-10(11)12(16)17/h1,5-9H,2-3H3,(H,14,18)(H,16,17). The first-order valence-electron chi connectivity index (χ1n) is 5.30. The average molecular weight is 246 g/mol. The first-order chi connectivity index (χ1) is 8.47. The molecule has 0 heterocycles. The fourth-order valence-electron chi connectivity index (χ4n) is 1.38. The summed E-state index contributed by atoms with van der Waals surface area (Å²) in [6.45, 7) is 1.66. The largest absolute Gasteiger partial charge is 0.478 e. The number of nitrogens with zero attached hydrogens (tertiary/aromatic N) is 1. The summed E-state index contributed by atoms with van der Waals surface area (Å²) < 4.78 is 0. The van der Waals surface area contributed by atoms with Crippen LogP contribution in [0.25, 0.3) is 0 Å². The molecule has 0 radical (unpaired) electrons. The highest BCUT2D eigenvalue weighted by Gasteiger charge is 2.18. The highest BCUT2D eigenvalue weighted by atomic mass is 16.4. The van der Waals surface area contributed by atoms with Crippen LogP contribution in [0.4, 0.5) is 10.5 Å². The summed E-state index contributed by atoms with van der Waals surface area (Å²) in [6, 6.07) is 5.39. The second-order valence-electron chi connectivity index (χ2n) is 3.72. The first kappa shape index (κ1) is 13.6. The Labute approximate surface area is 105 Å². The third kappa shape index (κ3) is 3.01. The molecular formula is C13H14N2O3. The van der Waals surface area contributed by atoms with Gasteiger partial charge in [0.15, 0.2) is 0 Å². The minimum absolute atomic E-state index is 0.0588. The van der Waals surface area contributed by atoms with Gasteiger partial charge in [0, 0.05) is 7.05 Å². The molecule has 1 unspecified atom stereocenters. The number of amides is 2. The summed E-state index contributed by atoms with van der Waals surface area (Å²) in [5.41, 5.74) is 0.371. The fourth-order valence-corrected chi connectivity index (χ4v) is 1.38. The Kier molecular flexibility index (Phi) is 4.33. The molecule has 0 saturated heterocycles. The van der Waals surface area contributed by atoms with Crippen LogP contribution in [0, 0.1) is 12.3 Å². The molecule has 0 aliphatic heterocycles. The molecule has 0 aromatic heterocycles. The van der Waals surface area contributed by atoms with Crippen molar-refractivity contribution in [2.45, 2.75) is 13.0 Å². The van der Waals surface area contributed by atoms with Gasteiger partial charge in [-0.25, -0.2) is 9.59 Å². The third-order valence-electron chi connectivity index (χ3n) is 2.39. The molecule has 2 amide bonds. The predicted octanol–water partition coefficient (Wildman–Crippen LogP) is 1.55. The smallest absolute Gasteiger partial charge is 0.337 e. The minimum Gasteiger partial charge on any atom is -0.478 e. The fraction of sp³-hybridized carbons (Fsp3) is 0.231. The molecule has 94 valence electrons. The maximum atomic E-state index is 11.8. The minimum atomic E-state index is -1.09. The van der Waals surface area contributed by atoms with Crippen molar-refractivity contribution in [2.24, 2.45) is 0 Å². The Morgan fingerprint density at radius 3 is 2.61 bits per heavy atom. The molecule has 0 spiro atoms. The molecule has 0 bridgehead atoms. The lowest BCUT2D eigenvalue weighted by atomic mass is 10.1. The Balaban J connectivity index is 2.97. The van der Waals surface area contributed by atoms with E-state index < -0.39 is 18.0 Å². The van der Waals surface area contributed by atoms with Gasteiger partial charge in [-0.2, -0.15) is 0 Å². The number of para-hydroxylation sites is 1. The van der Waals surface area contributed by atoms with Crippen LogP contribution >= 0.6 is 0 Å². The molecule has 0 aliphatic carbocycles. The molecule has 1 atom stereocenters. The van der Waals surface area contributed by atoms with E-state index in [1.54, 1.807) is 25.1 Å². The van der Waals surface area contributed by atoms with Crippen molar-refractivity contribution in [2.75, 3.05) is 11.9 Å². The number of hydrogen-bond donors (Lipinski definition) is 2. The monoisotopic (exact) mass is 246 g/mol. The van der Waals surface area contributed by atoms with Crippen LogP contribution in [-0.4, -0.2) is 30.2 Å². The van der Waals surface area contributed by atoms with Gasteiger partial charge in [0.05, 0.1) is 17.3 Å². The number of nitrogens with one attached hydrogen (secondary N) is 1. The van der Waals surface area contributed by atoms with Gasteiger partial charge in [-0.3, -0.25) is 4.90 Å². The van der Waals surface area contributed by atoms with Gasteiger partial charge in [0.25, 0.3) is 0 Å². The Hall–Kier alpha value is -2.48. The molecule has 0 saturated carbocycles. The molecule has 18 heavy (non-hydrogen) atoms. The summed E-state index contributed by atoms with van der Waals surface area (Å²) in [7, 11) is 1.49. The molecule has 0 aliphatic rings. The van der Waals surface area contributed by atoms with Gasteiger partial charge in [-0.15, -0.1) is 6.42 Å². The zero-order chi connectivity index (χ0) is 13.7. The number of urea groups is 1. The van der Waals surface area contributed by atoms with Crippen LogP contribution in [0.1, 0.15) is 17.3 Å². The number of benzene rings is 1. The molecule has 1 rings (SSSR count). The van der Waals surface area contributed by atoms with E-state index in [4.69, 9.17) is 11.5 Å². The normalized spacial score (nSPS) is 11.2. The van der Waals surface area contributed by atoms with Crippen molar-refractivity contribution in [3.8, 4) is 12.3 Å². The highest BCUT2D eigenvalue weighted by molar-refractivity contribution is 6.01. The summed E-state index contributed by atoms with van der Waals surface area (Å²) in [4.78, 5) is 24.1. The number of carbonyl (C=O) groups is 2. The average Bonchev–Trinajstić information content (AvgIpc) is 2.37. The summed E-state index contributed by atoms with van der Waals surface area (Å²) in [5.74, 6) is 1.28. The van der Waals surface area contributed by atoms with E-state index in [1.807, 2.05) is 0 Å². The molecule has 0 fully saturated rings. The summed E-state index contributed by atoms with van der Waals surface area (Å²) in [5, 5.41) is 11.6. The van der Waals surface area contributed by atoms with E-state index in [9.17, 15) is 9.59 Å². The van der Waals surface area contributed by atoms with Gasteiger partial charge < -0.3 is 10.4 Å². The summed E-state index contributed by atoms with van der Waals surface area (Å²) in [6.07, 6.45) is 5.16. The zero-order valence-corrected chi connectivity index (χ0v) is 10.2. The highest BCUT2D eigenvalue weighted by Crippen LogP contribution is 2.19. The number of carboxylic acids is 1. The first-order valence-corrected chi connectivity index (χ1v) is 5.30. The SMILES string of the molecule is C#CC(C)NC(=O)N(C)c1ccccc1C(=O)O. The van der Waals surface area contributed by atoms with Crippen LogP contribution in [0.2, 0.25) is 0 Å². The molecule has 1 aromatic rings. The lowest BCUT2D eigenvalue weighted by Gasteiger charge is -2.20. The van der Waals surface area contributed by atoms with Crippen molar-refractivity contribution in [3.05, 3.63) is 29.8 Å². The second kappa shape index (κ2) is 5.73. The topological polar surface area (TPSA) is 69.6 Å². The van der Waals surface area contributed by atoms with Crippen LogP contribution < -0.4 is 10.2 Å². The van der Waals surface area contributed by atoms with Crippen LogP contribution in [0.15, 0.2) is 24.3 Å². The lowest BCUT2D eigenvalue weighted by Crippen LogP contribution is -2.42. The van der Waals surface area contributed by atoms with Crippen LogP contribution in [0.5, 0.6) is 0 Å². The number of carbonyl (C=O) groups excluding carboxylic acids is 1. The van der Waals surface area contributed by atoms with E-state index in [0.717, 1.165) is 0 Å². The number of rotatable bonds is 3. The Bertz CT molecular complexity index is 505. The number of hydrogen-bond acceptors (Lipinski definition) is 2. The van der Waals surface area contributed by atoms with E-state index in [-0.39, 0.29) is 5.56 Å². The van der Waals surface area contributed by atoms with E-state index in [0.29, 0.717) is 5.69 Å². The van der Waals surface area contributed by atoms with Crippen molar-refractivity contribution in [1.82, 2.24) is 5.32 Å².